The van der Waals surface area contributed by atoms with Crippen molar-refractivity contribution < 1.29 is 9.18 Å². The van der Waals surface area contributed by atoms with Crippen LogP contribution in [0.2, 0.25) is 5.02 Å². The van der Waals surface area contributed by atoms with Crippen molar-refractivity contribution in [3.63, 3.8) is 0 Å². The van der Waals surface area contributed by atoms with E-state index in [0.717, 1.165) is 31.4 Å². The van der Waals surface area contributed by atoms with E-state index in [1.165, 1.54) is 12.1 Å². The number of hydrogen-bond donors (Lipinski definition) is 3. The van der Waals surface area contributed by atoms with E-state index in [1.807, 2.05) is 20.8 Å². The molecule has 1 aromatic carbocycles. The molecule has 0 atom stereocenters. The molecule has 3 N–H and O–H groups in total. The minimum atomic E-state index is -0.344. The van der Waals surface area contributed by atoms with Crippen LogP contribution in [0, 0.1) is 5.82 Å². The zero-order chi connectivity index (χ0) is 19.9. The van der Waals surface area contributed by atoms with Crippen molar-refractivity contribution in [1.82, 2.24) is 16.0 Å². The standard InChI is InChI=1S/C20H30ClFN4O/c1-4-23-19(24-11-5-6-18(27)26-15-8-9-15)25-13-20(2,3)16-10-7-14(22)12-17(16)21/h7,10,12,15H,4-6,8-9,11,13H2,1-3H3,(H,26,27)(H2,23,24,25). The molecule has 0 radical (unpaired) electrons. The Balaban J connectivity index is 1.86. The highest BCUT2D eigenvalue weighted by Gasteiger charge is 2.24. The molecular formula is C20H30ClFN4O. The highest BCUT2D eigenvalue weighted by atomic mass is 35.5. The molecule has 1 aromatic rings. The Labute approximate surface area is 166 Å². The number of rotatable bonds is 9. The van der Waals surface area contributed by atoms with E-state index < -0.39 is 0 Å². The molecule has 0 heterocycles. The van der Waals surface area contributed by atoms with Crippen molar-refractivity contribution in [1.29, 1.82) is 0 Å². The van der Waals surface area contributed by atoms with Gasteiger partial charge < -0.3 is 16.0 Å². The Kier molecular flexibility index (Phi) is 7.90. The smallest absolute Gasteiger partial charge is 0.220 e. The molecule has 7 heteroatoms. The summed E-state index contributed by atoms with van der Waals surface area (Å²) in [4.78, 5) is 16.4. The molecule has 0 aliphatic heterocycles. The zero-order valence-corrected chi connectivity index (χ0v) is 17.1. The summed E-state index contributed by atoms with van der Waals surface area (Å²) in [6.07, 6.45) is 3.47. The van der Waals surface area contributed by atoms with Gasteiger partial charge in [0.05, 0.1) is 6.54 Å². The van der Waals surface area contributed by atoms with E-state index in [-0.39, 0.29) is 17.1 Å². The number of aliphatic imine (C=N–C) groups is 1. The molecule has 0 bridgehead atoms. The van der Waals surface area contributed by atoms with Crippen LogP contribution in [0.1, 0.15) is 52.0 Å². The summed E-state index contributed by atoms with van der Waals surface area (Å²) < 4.78 is 13.3. The molecule has 0 spiro atoms. The van der Waals surface area contributed by atoms with Gasteiger partial charge in [-0.1, -0.05) is 31.5 Å². The van der Waals surface area contributed by atoms with Crippen molar-refractivity contribution in [2.45, 2.75) is 57.9 Å². The van der Waals surface area contributed by atoms with E-state index in [0.29, 0.717) is 36.5 Å². The van der Waals surface area contributed by atoms with Gasteiger partial charge in [0.1, 0.15) is 5.82 Å². The number of nitrogens with zero attached hydrogens (tertiary/aromatic N) is 1. The summed E-state index contributed by atoms with van der Waals surface area (Å²) in [6, 6.07) is 4.87. The van der Waals surface area contributed by atoms with Gasteiger partial charge in [0, 0.05) is 36.0 Å². The third-order valence-electron chi connectivity index (χ3n) is 4.45. The highest BCUT2D eigenvalue weighted by Crippen LogP contribution is 2.30. The third kappa shape index (κ3) is 7.37. The average molecular weight is 397 g/mol. The lowest BCUT2D eigenvalue weighted by molar-refractivity contribution is -0.121. The van der Waals surface area contributed by atoms with Gasteiger partial charge in [-0.25, -0.2) is 4.39 Å². The molecule has 1 fully saturated rings. The summed E-state index contributed by atoms with van der Waals surface area (Å²) in [5.41, 5.74) is 0.527. The maximum Gasteiger partial charge on any atom is 0.220 e. The Morgan fingerprint density at radius 1 is 1.33 bits per heavy atom. The van der Waals surface area contributed by atoms with Crippen LogP contribution in [-0.4, -0.2) is 37.5 Å². The van der Waals surface area contributed by atoms with E-state index in [4.69, 9.17) is 11.6 Å². The van der Waals surface area contributed by atoms with E-state index in [2.05, 4.69) is 20.9 Å². The first-order chi connectivity index (χ1) is 12.8. The largest absolute Gasteiger partial charge is 0.357 e. The lowest BCUT2D eigenvalue weighted by Crippen LogP contribution is -2.39. The molecule has 0 aromatic heterocycles. The molecular weight excluding hydrogens is 367 g/mol. The van der Waals surface area contributed by atoms with Crippen LogP contribution in [0.15, 0.2) is 23.2 Å². The normalized spacial score (nSPS) is 14.8. The van der Waals surface area contributed by atoms with Crippen LogP contribution in [0.3, 0.4) is 0 Å². The average Bonchev–Trinajstić information content (AvgIpc) is 3.40. The molecule has 27 heavy (non-hydrogen) atoms. The van der Waals surface area contributed by atoms with Crippen LogP contribution >= 0.6 is 11.6 Å². The van der Waals surface area contributed by atoms with E-state index in [1.54, 1.807) is 6.07 Å². The SMILES string of the molecule is CCNC(=NCC(C)(C)c1ccc(F)cc1Cl)NCCCC(=O)NC1CC1. The first-order valence-corrected chi connectivity index (χ1v) is 9.96. The second-order valence-electron chi connectivity index (χ2n) is 7.58. The Morgan fingerprint density at radius 2 is 2.07 bits per heavy atom. The Bertz CT molecular complexity index is 674. The number of carbonyl (C=O) groups is 1. The van der Waals surface area contributed by atoms with Crippen molar-refractivity contribution in [3.8, 4) is 0 Å². The molecule has 150 valence electrons. The summed E-state index contributed by atoms with van der Waals surface area (Å²) in [7, 11) is 0. The predicted octanol–water partition coefficient (Wildman–Crippen LogP) is 3.37. The number of carbonyl (C=O) groups excluding carboxylic acids is 1. The van der Waals surface area contributed by atoms with E-state index >= 15 is 0 Å². The molecule has 2 rings (SSSR count). The van der Waals surface area contributed by atoms with Crippen molar-refractivity contribution in [2.24, 2.45) is 4.99 Å². The minimum absolute atomic E-state index is 0.119. The van der Waals surface area contributed by atoms with Crippen LogP contribution in [-0.2, 0) is 10.2 Å². The first kappa shape index (κ1) is 21.5. The summed E-state index contributed by atoms with van der Waals surface area (Å²) in [5, 5.41) is 9.86. The molecule has 1 saturated carbocycles. The summed E-state index contributed by atoms with van der Waals surface area (Å²) >= 11 is 6.21. The van der Waals surface area contributed by atoms with Crippen molar-refractivity contribution in [2.75, 3.05) is 19.6 Å². The number of benzene rings is 1. The Hall–Kier alpha value is -1.82. The van der Waals surface area contributed by atoms with Gasteiger partial charge in [-0.15, -0.1) is 0 Å². The highest BCUT2D eigenvalue weighted by molar-refractivity contribution is 6.31. The van der Waals surface area contributed by atoms with Gasteiger partial charge in [0.2, 0.25) is 5.91 Å². The van der Waals surface area contributed by atoms with E-state index in [9.17, 15) is 9.18 Å². The van der Waals surface area contributed by atoms with Crippen LogP contribution in [0.25, 0.3) is 0 Å². The number of guanidine groups is 1. The first-order valence-electron chi connectivity index (χ1n) is 9.59. The lowest BCUT2D eigenvalue weighted by atomic mass is 9.84. The molecule has 0 saturated heterocycles. The van der Waals surface area contributed by atoms with Crippen molar-refractivity contribution >= 4 is 23.5 Å². The quantitative estimate of drug-likeness (QED) is 0.340. The van der Waals surface area contributed by atoms with Crippen molar-refractivity contribution in [3.05, 3.63) is 34.6 Å². The fourth-order valence-corrected chi connectivity index (χ4v) is 3.15. The number of halogens is 2. The van der Waals surface area contributed by atoms with Gasteiger partial charge in [-0.05, 0) is 43.9 Å². The maximum atomic E-state index is 13.3. The van der Waals surface area contributed by atoms with Crippen LogP contribution in [0.4, 0.5) is 4.39 Å². The van der Waals surface area contributed by atoms with Gasteiger partial charge in [-0.3, -0.25) is 9.79 Å². The molecule has 0 unspecified atom stereocenters. The minimum Gasteiger partial charge on any atom is -0.357 e. The monoisotopic (exact) mass is 396 g/mol. The number of nitrogens with one attached hydrogen (secondary N) is 3. The molecule has 5 nitrogen and oxygen atoms in total. The molecule has 1 aliphatic carbocycles. The number of amides is 1. The fourth-order valence-electron chi connectivity index (χ4n) is 2.73. The second kappa shape index (κ2) is 9.93. The summed E-state index contributed by atoms with van der Waals surface area (Å²) in [6.45, 7) is 7.97. The van der Waals surface area contributed by atoms with Crippen LogP contribution < -0.4 is 16.0 Å². The lowest BCUT2D eigenvalue weighted by Gasteiger charge is -2.25. The maximum absolute atomic E-state index is 13.3. The molecule has 1 aliphatic rings. The Morgan fingerprint density at radius 3 is 2.70 bits per heavy atom. The topological polar surface area (TPSA) is 65.5 Å². The fraction of sp³-hybridized carbons (Fsp3) is 0.600. The van der Waals surface area contributed by atoms with Gasteiger partial charge in [-0.2, -0.15) is 0 Å². The zero-order valence-electron chi connectivity index (χ0n) is 16.4. The second-order valence-corrected chi connectivity index (χ2v) is 7.98. The van der Waals surface area contributed by atoms with Crippen LogP contribution in [0.5, 0.6) is 0 Å². The number of hydrogen-bond acceptors (Lipinski definition) is 2. The van der Waals surface area contributed by atoms with Gasteiger partial charge >= 0.3 is 0 Å². The molecule has 1 amide bonds. The predicted molar refractivity (Wildman–Crippen MR) is 109 cm³/mol. The summed E-state index contributed by atoms with van der Waals surface area (Å²) in [5.74, 6) is 0.475. The van der Waals surface area contributed by atoms with Gasteiger partial charge in [0.15, 0.2) is 5.96 Å². The third-order valence-corrected chi connectivity index (χ3v) is 4.77. The van der Waals surface area contributed by atoms with Gasteiger partial charge in [0.25, 0.3) is 0 Å².